The van der Waals surface area contributed by atoms with Gasteiger partial charge in [0.2, 0.25) is 0 Å². The molecule has 25 heavy (non-hydrogen) atoms. The monoisotopic (exact) mass is 338 g/mol. The summed E-state index contributed by atoms with van der Waals surface area (Å²) in [6.45, 7) is 8.17. The average Bonchev–Trinajstić information content (AvgIpc) is 2.81. The second-order valence-electron chi connectivity index (χ2n) is 7.83. The minimum atomic E-state index is -0.656. The van der Waals surface area contributed by atoms with Crippen molar-refractivity contribution in [3.05, 3.63) is 71.8 Å². The normalized spacial score (nSPS) is 21.1. The summed E-state index contributed by atoms with van der Waals surface area (Å²) in [5.74, 6) is -0.189. The molecule has 1 N–H and O–H groups in total. The van der Waals surface area contributed by atoms with Crippen LogP contribution in [0.15, 0.2) is 60.7 Å². The zero-order valence-electron chi connectivity index (χ0n) is 15.5. The number of rotatable bonds is 5. The van der Waals surface area contributed by atoms with Crippen LogP contribution < -0.4 is 0 Å². The fourth-order valence-electron chi connectivity index (χ4n) is 3.20. The SMILES string of the molecule is CC1(C)OB([C@H](Cc2ccccc2)[C@@H](O)c2ccccc2)OC1(C)C. The molecular formula is C21H27BO3. The smallest absolute Gasteiger partial charge is 0.403 e. The van der Waals surface area contributed by atoms with E-state index in [2.05, 4.69) is 12.1 Å². The molecule has 0 amide bonds. The topological polar surface area (TPSA) is 38.7 Å². The second-order valence-corrected chi connectivity index (χ2v) is 7.83. The molecule has 0 unspecified atom stereocenters. The Morgan fingerprint density at radius 1 is 0.840 bits per heavy atom. The van der Waals surface area contributed by atoms with E-state index in [0.717, 1.165) is 11.1 Å². The molecule has 0 aliphatic carbocycles. The van der Waals surface area contributed by atoms with Gasteiger partial charge in [0.25, 0.3) is 0 Å². The molecular weight excluding hydrogens is 311 g/mol. The third-order valence-corrected chi connectivity index (χ3v) is 5.48. The van der Waals surface area contributed by atoms with Crippen molar-refractivity contribution in [2.75, 3.05) is 0 Å². The zero-order valence-corrected chi connectivity index (χ0v) is 15.5. The maximum Gasteiger partial charge on any atom is 0.464 e. The first-order valence-electron chi connectivity index (χ1n) is 8.93. The fraction of sp³-hybridized carbons (Fsp3) is 0.429. The molecule has 132 valence electrons. The van der Waals surface area contributed by atoms with E-state index < -0.39 is 24.4 Å². The lowest BCUT2D eigenvalue weighted by atomic mass is 9.64. The number of hydrogen-bond donors (Lipinski definition) is 1. The van der Waals surface area contributed by atoms with Crippen LogP contribution in [0.25, 0.3) is 0 Å². The van der Waals surface area contributed by atoms with Crippen molar-refractivity contribution >= 4 is 7.12 Å². The van der Waals surface area contributed by atoms with Crippen LogP contribution in [-0.4, -0.2) is 23.4 Å². The molecule has 4 heteroatoms. The molecule has 3 rings (SSSR count). The Hall–Kier alpha value is -1.62. The van der Waals surface area contributed by atoms with E-state index in [1.807, 2.05) is 76.2 Å². The summed E-state index contributed by atoms with van der Waals surface area (Å²) in [5.41, 5.74) is 1.22. The van der Waals surface area contributed by atoms with Gasteiger partial charge >= 0.3 is 7.12 Å². The van der Waals surface area contributed by atoms with Crippen molar-refractivity contribution in [2.24, 2.45) is 0 Å². The van der Waals surface area contributed by atoms with Gasteiger partial charge in [0.05, 0.1) is 17.3 Å². The summed E-state index contributed by atoms with van der Waals surface area (Å²) in [7, 11) is -0.458. The Balaban J connectivity index is 1.90. The van der Waals surface area contributed by atoms with Gasteiger partial charge in [-0.2, -0.15) is 0 Å². The van der Waals surface area contributed by atoms with Crippen molar-refractivity contribution < 1.29 is 14.4 Å². The van der Waals surface area contributed by atoms with Gasteiger partial charge in [0.15, 0.2) is 0 Å². The van der Waals surface area contributed by atoms with E-state index >= 15 is 0 Å². The van der Waals surface area contributed by atoms with Gasteiger partial charge < -0.3 is 14.4 Å². The summed E-state index contributed by atoms with van der Waals surface area (Å²) < 4.78 is 12.5. The van der Waals surface area contributed by atoms with E-state index in [9.17, 15) is 5.11 Å². The van der Waals surface area contributed by atoms with Crippen molar-refractivity contribution in [3.8, 4) is 0 Å². The molecule has 2 aromatic carbocycles. The van der Waals surface area contributed by atoms with Gasteiger partial charge in [-0.15, -0.1) is 0 Å². The molecule has 1 aliphatic rings. The lowest BCUT2D eigenvalue weighted by Gasteiger charge is -2.32. The van der Waals surface area contributed by atoms with Gasteiger partial charge in [-0.1, -0.05) is 60.7 Å². The van der Waals surface area contributed by atoms with Crippen LogP contribution in [0, 0.1) is 0 Å². The summed E-state index contributed by atoms with van der Waals surface area (Å²) in [4.78, 5) is 0. The van der Waals surface area contributed by atoms with E-state index in [-0.39, 0.29) is 5.82 Å². The minimum Gasteiger partial charge on any atom is -0.403 e. The first-order chi connectivity index (χ1) is 11.8. The quantitative estimate of drug-likeness (QED) is 0.820. The molecule has 2 atom stereocenters. The molecule has 2 aromatic rings. The van der Waals surface area contributed by atoms with E-state index in [4.69, 9.17) is 9.31 Å². The highest BCUT2D eigenvalue weighted by molar-refractivity contribution is 6.47. The van der Waals surface area contributed by atoms with Crippen LogP contribution in [0.1, 0.15) is 44.9 Å². The summed E-state index contributed by atoms with van der Waals surface area (Å²) >= 11 is 0. The highest BCUT2D eigenvalue weighted by atomic mass is 16.7. The van der Waals surface area contributed by atoms with Crippen molar-refractivity contribution in [3.63, 3.8) is 0 Å². The van der Waals surface area contributed by atoms with Crippen LogP contribution >= 0.6 is 0 Å². The van der Waals surface area contributed by atoms with Crippen LogP contribution in [0.3, 0.4) is 0 Å². The second kappa shape index (κ2) is 6.95. The predicted octanol–water partition coefficient (Wildman–Crippen LogP) is 4.43. The van der Waals surface area contributed by atoms with Gasteiger partial charge in [-0.05, 0) is 45.2 Å². The fourth-order valence-corrected chi connectivity index (χ4v) is 3.20. The Kier molecular flexibility index (Phi) is 5.05. The van der Waals surface area contributed by atoms with Crippen molar-refractivity contribution in [1.29, 1.82) is 0 Å². The number of benzene rings is 2. The first-order valence-corrected chi connectivity index (χ1v) is 8.93. The Bertz CT molecular complexity index is 669. The van der Waals surface area contributed by atoms with Crippen LogP contribution in [0.5, 0.6) is 0 Å². The number of hydrogen-bond acceptors (Lipinski definition) is 3. The van der Waals surface area contributed by atoms with Gasteiger partial charge in [-0.3, -0.25) is 0 Å². The lowest BCUT2D eigenvalue weighted by molar-refractivity contribution is 0.00578. The van der Waals surface area contributed by atoms with E-state index in [0.29, 0.717) is 6.42 Å². The molecule has 3 nitrogen and oxygen atoms in total. The Labute approximate surface area is 151 Å². The van der Waals surface area contributed by atoms with Crippen LogP contribution in [0.4, 0.5) is 0 Å². The molecule has 0 bridgehead atoms. The van der Waals surface area contributed by atoms with Gasteiger partial charge in [0.1, 0.15) is 0 Å². The summed E-state index contributed by atoms with van der Waals surface area (Å²) in [6.07, 6.45) is 0.0318. The molecule has 1 fully saturated rings. The molecule has 0 radical (unpaired) electrons. The van der Waals surface area contributed by atoms with Crippen molar-refractivity contribution in [1.82, 2.24) is 0 Å². The third kappa shape index (κ3) is 3.81. The van der Waals surface area contributed by atoms with E-state index in [1.54, 1.807) is 0 Å². The predicted molar refractivity (Wildman–Crippen MR) is 101 cm³/mol. The summed E-state index contributed by atoms with van der Waals surface area (Å²) in [6, 6.07) is 20.0. The first kappa shape index (κ1) is 18.2. The number of aliphatic hydroxyl groups excluding tert-OH is 1. The highest BCUT2D eigenvalue weighted by Gasteiger charge is 2.55. The third-order valence-electron chi connectivity index (χ3n) is 5.48. The minimum absolute atomic E-state index is 0.189. The largest absolute Gasteiger partial charge is 0.464 e. The standard InChI is InChI=1S/C21H27BO3/c1-20(2)21(3,4)25-22(24-20)18(15-16-11-7-5-8-12-16)19(23)17-13-9-6-10-14-17/h5-14,18-19,23H,15H2,1-4H3/t18-,19+/m1/s1. The van der Waals surface area contributed by atoms with Gasteiger partial charge in [0, 0.05) is 5.82 Å². The Morgan fingerprint density at radius 2 is 1.32 bits per heavy atom. The molecule has 0 saturated carbocycles. The molecule has 1 saturated heterocycles. The molecule has 1 heterocycles. The maximum absolute atomic E-state index is 11.1. The zero-order chi connectivity index (χ0) is 18.1. The van der Waals surface area contributed by atoms with Gasteiger partial charge in [-0.25, -0.2) is 0 Å². The Morgan fingerprint density at radius 3 is 1.84 bits per heavy atom. The lowest BCUT2D eigenvalue weighted by Crippen LogP contribution is -2.41. The number of aliphatic hydroxyl groups is 1. The molecule has 0 spiro atoms. The maximum atomic E-state index is 11.1. The molecule has 0 aromatic heterocycles. The van der Waals surface area contributed by atoms with Crippen molar-refractivity contribution in [2.45, 2.75) is 57.2 Å². The van der Waals surface area contributed by atoms with Crippen LogP contribution in [0.2, 0.25) is 5.82 Å². The molecule has 1 aliphatic heterocycles. The van der Waals surface area contributed by atoms with E-state index in [1.165, 1.54) is 0 Å². The highest BCUT2D eigenvalue weighted by Crippen LogP contribution is 2.44. The summed E-state index contributed by atoms with van der Waals surface area (Å²) in [5, 5.41) is 11.1. The van der Waals surface area contributed by atoms with Crippen LogP contribution in [-0.2, 0) is 15.7 Å². The average molecular weight is 338 g/mol.